The van der Waals surface area contributed by atoms with Gasteiger partial charge in [0, 0.05) is 24.0 Å². The van der Waals surface area contributed by atoms with Crippen LogP contribution < -0.4 is 0 Å². The van der Waals surface area contributed by atoms with Gasteiger partial charge in [-0.2, -0.15) is 0 Å². The van der Waals surface area contributed by atoms with Crippen LogP contribution in [-0.2, 0) is 23.9 Å². The van der Waals surface area contributed by atoms with Crippen molar-refractivity contribution in [2.45, 2.75) is 59.2 Å². The molecular weight excluding hydrogens is 320 g/mol. The Morgan fingerprint density at radius 2 is 2.04 bits per heavy atom. The summed E-state index contributed by atoms with van der Waals surface area (Å²) >= 11 is 0. The number of esters is 2. The van der Waals surface area contributed by atoms with Crippen LogP contribution in [0.15, 0.2) is 34.9 Å². The molecule has 0 aromatic heterocycles. The van der Waals surface area contributed by atoms with Crippen molar-refractivity contribution < 1.29 is 23.9 Å². The first-order valence-electron chi connectivity index (χ1n) is 8.67. The molecule has 3 aliphatic rings. The highest BCUT2D eigenvalue weighted by molar-refractivity contribution is 5.95. The largest absolute Gasteiger partial charge is 0.458 e. The summed E-state index contributed by atoms with van der Waals surface area (Å²) in [5.41, 5.74) is 2.03. The van der Waals surface area contributed by atoms with Crippen molar-refractivity contribution in [3.8, 4) is 0 Å². The predicted octanol–water partition coefficient (Wildman–Crippen LogP) is 3.05. The Kier molecular flexibility index (Phi) is 4.21. The summed E-state index contributed by atoms with van der Waals surface area (Å²) in [6.45, 7) is 11.2. The first-order chi connectivity index (χ1) is 11.7. The quantitative estimate of drug-likeness (QED) is 0.437. The fourth-order valence-electron chi connectivity index (χ4n) is 4.35. The van der Waals surface area contributed by atoms with Crippen LogP contribution in [-0.4, -0.2) is 29.9 Å². The zero-order valence-corrected chi connectivity index (χ0v) is 15.2. The molecule has 134 valence electrons. The highest BCUT2D eigenvalue weighted by Crippen LogP contribution is 2.54. The number of carbonyl (C=O) groups is 3. The van der Waals surface area contributed by atoms with Gasteiger partial charge in [-0.1, -0.05) is 18.2 Å². The van der Waals surface area contributed by atoms with Crippen LogP contribution in [0.4, 0.5) is 0 Å². The van der Waals surface area contributed by atoms with Gasteiger partial charge in [-0.05, 0) is 39.7 Å². The lowest BCUT2D eigenvalue weighted by molar-refractivity contribution is -0.155. The second kappa shape index (κ2) is 5.97. The summed E-state index contributed by atoms with van der Waals surface area (Å²) in [6, 6.07) is 0. The van der Waals surface area contributed by atoms with Gasteiger partial charge >= 0.3 is 11.9 Å². The van der Waals surface area contributed by atoms with E-state index in [9.17, 15) is 14.4 Å². The van der Waals surface area contributed by atoms with Crippen LogP contribution in [0.1, 0.15) is 47.0 Å². The lowest BCUT2D eigenvalue weighted by atomic mass is 9.58. The Morgan fingerprint density at radius 3 is 2.68 bits per heavy atom. The maximum Gasteiger partial charge on any atom is 0.334 e. The predicted molar refractivity (Wildman–Crippen MR) is 91.5 cm³/mol. The lowest BCUT2D eigenvalue weighted by Gasteiger charge is -2.47. The van der Waals surface area contributed by atoms with E-state index in [-0.39, 0.29) is 5.78 Å². The van der Waals surface area contributed by atoms with Crippen LogP contribution in [0.3, 0.4) is 0 Å². The monoisotopic (exact) mass is 344 g/mol. The van der Waals surface area contributed by atoms with Crippen molar-refractivity contribution in [3.63, 3.8) is 0 Å². The molecule has 5 nitrogen and oxygen atoms in total. The van der Waals surface area contributed by atoms with Gasteiger partial charge in [-0.15, -0.1) is 0 Å². The van der Waals surface area contributed by atoms with Crippen molar-refractivity contribution in [1.82, 2.24) is 0 Å². The first kappa shape index (κ1) is 17.6. The van der Waals surface area contributed by atoms with Gasteiger partial charge in [0.1, 0.15) is 18.0 Å². The van der Waals surface area contributed by atoms with Crippen LogP contribution in [0, 0.1) is 11.3 Å². The molecule has 0 aromatic rings. The summed E-state index contributed by atoms with van der Waals surface area (Å²) < 4.78 is 11.3. The molecule has 0 radical (unpaired) electrons. The zero-order valence-electron chi connectivity index (χ0n) is 15.2. The molecule has 1 heterocycles. The molecular formula is C20H24O5. The van der Waals surface area contributed by atoms with E-state index in [1.807, 2.05) is 13.8 Å². The third-order valence-corrected chi connectivity index (χ3v) is 5.93. The summed E-state index contributed by atoms with van der Waals surface area (Å²) in [5, 5.41) is 0. The molecule has 2 aliphatic carbocycles. The van der Waals surface area contributed by atoms with E-state index in [1.54, 1.807) is 19.9 Å². The molecule has 0 aromatic carbocycles. The van der Waals surface area contributed by atoms with Crippen LogP contribution in [0.25, 0.3) is 0 Å². The number of hydrogen-bond acceptors (Lipinski definition) is 5. The minimum Gasteiger partial charge on any atom is -0.458 e. The summed E-state index contributed by atoms with van der Waals surface area (Å²) in [5.74, 6) is -1.22. The van der Waals surface area contributed by atoms with E-state index in [0.29, 0.717) is 30.4 Å². The third-order valence-electron chi connectivity index (χ3n) is 5.93. The average molecular weight is 344 g/mol. The molecule has 1 saturated heterocycles. The van der Waals surface area contributed by atoms with Gasteiger partial charge in [0.15, 0.2) is 0 Å². The van der Waals surface area contributed by atoms with Crippen molar-refractivity contribution >= 4 is 17.7 Å². The van der Waals surface area contributed by atoms with Gasteiger partial charge in [0.2, 0.25) is 0 Å². The smallest absolute Gasteiger partial charge is 0.334 e. The van der Waals surface area contributed by atoms with Gasteiger partial charge in [-0.25, -0.2) is 9.59 Å². The number of ketones is 1. The first-order valence-corrected chi connectivity index (χ1v) is 8.67. The van der Waals surface area contributed by atoms with Crippen LogP contribution >= 0.6 is 0 Å². The lowest BCUT2D eigenvalue weighted by Crippen LogP contribution is -2.51. The summed E-state index contributed by atoms with van der Waals surface area (Å²) in [4.78, 5) is 37.2. The topological polar surface area (TPSA) is 69.7 Å². The van der Waals surface area contributed by atoms with E-state index in [2.05, 4.69) is 6.58 Å². The van der Waals surface area contributed by atoms with Crippen LogP contribution in [0.2, 0.25) is 0 Å². The van der Waals surface area contributed by atoms with Crippen molar-refractivity contribution in [3.05, 3.63) is 34.9 Å². The Balaban J connectivity index is 2.05. The maximum absolute atomic E-state index is 12.7. The minimum absolute atomic E-state index is 0.115. The zero-order chi connectivity index (χ0) is 18.5. The molecule has 5 heteroatoms. The third kappa shape index (κ3) is 2.57. The molecule has 1 saturated carbocycles. The fourth-order valence-corrected chi connectivity index (χ4v) is 4.35. The fraction of sp³-hybridized carbons (Fsp3) is 0.550. The molecule has 0 bridgehead atoms. The standard InChI is InChI=1S/C20H24O5/c1-6-10(2)18(22)24-13-9-20(5)14(21)8-7-11(3)16(20)17-15(13)12(4)19(23)25-17/h6,13,15,17H,4,7-9H2,1-3,5H3/b10-6-/t13-,15-,17+,20+/m1/s1. The number of Topliss-reactive ketones (excluding diaryl/α,β-unsaturated/α-hetero) is 1. The molecule has 3 rings (SSSR count). The van der Waals surface area contributed by atoms with Crippen LogP contribution in [0.5, 0.6) is 0 Å². The number of allylic oxidation sites excluding steroid dienone is 2. The number of hydrogen-bond donors (Lipinski definition) is 0. The van der Waals surface area contributed by atoms with E-state index >= 15 is 0 Å². The molecule has 1 aliphatic heterocycles. The normalized spacial score (nSPS) is 35.3. The van der Waals surface area contributed by atoms with E-state index in [1.165, 1.54) is 0 Å². The molecule has 0 amide bonds. The number of ether oxygens (including phenoxy) is 2. The van der Waals surface area contributed by atoms with Gasteiger partial charge in [0.25, 0.3) is 0 Å². The van der Waals surface area contributed by atoms with Crippen molar-refractivity contribution in [1.29, 1.82) is 0 Å². The Morgan fingerprint density at radius 1 is 1.36 bits per heavy atom. The SMILES string of the molecule is C=C1C(=O)O[C@@H]2C3=C(C)CCC(=O)[C@]3(C)C[C@@H](OC(=O)/C(C)=C\C)[C@@H]12. The second-order valence-corrected chi connectivity index (χ2v) is 7.45. The number of carbonyl (C=O) groups excluding carboxylic acids is 3. The van der Waals surface area contributed by atoms with Gasteiger partial charge in [-0.3, -0.25) is 4.79 Å². The highest BCUT2D eigenvalue weighted by atomic mass is 16.6. The Labute approximate surface area is 147 Å². The molecule has 2 fully saturated rings. The molecule has 0 N–H and O–H groups in total. The average Bonchev–Trinajstić information content (AvgIpc) is 2.85. The summed E-state index contributed by atoms with van der Waals surface area (Å²) in [7, 11) is 0. The van der Waals surface area contributed by atoms with E-state index in [4.69, 9.17) is 9.47 Å². The van der Waals surface area contributed by atoms with Crippen molar-refractivity contribution in [2.24, 2.45) is 11.3 Å². The maximum atomic E-state index is 12.7. The van der Waals surface area contributed by atoms with Gasteiger partial charge in [0.05, 0.1) is 11.3 Å². The Bertz CT molecular complexity index is 741. The minimum atomic E-state index is -0.761. The van der Waals surface area contributed by atoms with E-state index in [0.717, 1.165) is 11.1 Å². The molecule has 0 unspecified atom stereocenters. The number of rotatable bonds is 2. The molecule has 4 atom stereocenters. The molecule has 0 spiro atoms. The second-order valence-electron chi connectivity index (χ2n) is 7.45. The highest BCUT2D eigenvalue weighted by Gasteiger charge is 2.59. The Hall–Kier alpha value is -2.17. The van der Waals surface area contributed by atoms with Gasteiger partial charge < -0.3 is 9.47 Å². The summed E-state index contributed by atoms with van der Waals surface area (Å²) in [6.07, 6.45) is 2.02. The van der Waals surface area contributed by atoms with E-state index < -0.39 is 35.5 Å². The van der Waals surface area contributed by atoms with Crippen molar-refractivity contribution in [2.75, 3.05) is 0 Å². The molecule has 25 heavy (non-hydrogen) atoms. The number of fused-ring (bicyclic) bond motifs is 3.